The molecule has 1 aliphatic heterocycles. The quantitative estimate of drug-likeness (QED) is 0.210. The van der Waals surface area contributed by atoms with E-state index in [-0.39, 0.29) is 0 Å². The maximum Gasteiger partial charge on any atom is 0.227 e. The van der Waals surface area contributed by atoms with Gasteiger partial charge in [-0.1, -0.05) is 60.7 Å². The zero-order valence-corrected chi connectivity index (χ0v) is 23.5. The maximum absolute atomic E-state index is 6.23. The molecule has 0 atom stereocenters. The van der Waals surface area contributed by atoms with Crippen LogP contribution in [0.1, 0.15) is 0 Å². The van der Waals surface area contributed by atoms with Gasteiger partial charge in [0.2, 0.25) is 11.8 Å². The number of oxazole rings is 2. The van der Waals surface area contributed by atoms with E-state index < -0.39 is 0 Å². The zero-order chi connectivity index (χ0) is 29.0. The molecular formula is C38H24N4O2. The Bertz CT molecular complexity index is 2190. The van der Waals surface area contributed by atoms with Crippen LogP contribution in [0.2, 0.25) is 0 Å². The highest BCUT2D eigenvalue weighted by Crippen LogP contribution is 2.53. The van der Waals surface area contributed by atoms with Crippen LogP contribution in [-0.2, 0) is 0 Å². The van der Waals surface area contributed by atoms with E-state index >= 15 is 0 Å². The first-order chi connectivity index (χ1) is 21.8. The molecule has 9 rings (SSSR count). The molecule has 44 heavy (non-hydrogen) atoms. The Kier molecular flexibility index (Phi) is 5.40. The Morgan fingerprint density at radius 2 is 0.773 bits per heavy atom. The van der Waals surface area contributed by atoms with Crippen LogP contribution in [-0.4, -0.2) is 9.97 Å². The highest BCUT2D eigenvalue weighted by molar-refractivity contribution is 6.01. The van der Waals surface area contributed by atoms with Crippen LogP contribution in [0, 0.1) is 0 Å². The highest BCUT2D eigenvalue weighted by atomic mass is 16.4. The number of hydrogen-bond acceptors (Lipinski definition) is 6. The van der Waals surface area contributed by atoms with Crippen molar-refractivity contribution in [2.24, 2.45) is 0 Å². The summed E-state index contributed by atoms with van der Waals surface area (Å²) >= 11 is 0. The second-order valence-corrected chi connectivity index (χ2v) is 10.7. The van der Waals surface area contributed by atoms with E-state index in [1.807, 2.05) is 48.5 Å². The second-order valence-electron chi connectivity index (χ2n) is 10.7. The van der Waals surface area contributed by atoms with Crippen molar-refractivity contribution in [2.75, 3.05) is 9.80 Å². The van der Waals surface area contributed by atoms with Gasteiger partial charge in [0.1, 0.15) is 11.0 Å². The molecule has 0 saturated heterocycles. The Hall–Kier alpha value is -6.14. The van der Waals surface area contributed by atoms with Crippen LogP contribution in [0.3, 0.4) is 0 Å². The lowest BCUT2D eigenvalue weighted by Gasteiger charge is -2.40. The van der Waals surface area contributed by atoms with Crippen LogP contribution in [0.25, 0.3) is 45.1 Å². The molecule has 0 radical (unpaired) electrons. The van der Waals surface area contributed by atoms with Gasteiger partial charge in [-0.3, -0.25) is 0 Å². The minimum Gasteiger partial charge on any atom is -0.436 e. The summed E-state index contributed by atoms with van der Waals surface area (Å²) in [6.45, 7) is 0. The number of anilines is 6. The number of aromatic nitrogens is 2. The molecule has 0 spiro atoms. The summed E-state index contributed by atoms with van der Waals surface area (Å²) in [5, 5.41) is 0. The zero-order valence-electron chi connectivity index (χ0n) is 23.5. The SMILES string of the molecule is c1ccc(-c2nc3cc4oc(-c5ccc(N6c7ccccc7N(c7ccccc7)c7ccccc76)cc5)nc4cc3o2)cc1. The molecule has 0 bridgehead atoms. The summed E-state index contributed by atoms with van der Waals surface area (Å²) in [5.41, 5.74) is 11.3. The Morgan fingerprint density at radius 3 is 1.25 bits per heavy atom. The average molecular weight is 569 g/mol. The lowest BCUT2D eigenvalue weighted by molar-refractivity contribution is 0.618. The van der Waals surface area contributed by atoms with Crippen LogP contribution >= 0.6 is 0 Å². The minimum atomic E-state index is 0.553. The fourth-order valence-electron chi connectivity index (χ4n) is 6.01. The third-order valence-electron chi connectivity index (χ3n) is 8.03. The predicted molar refractivity (Wildman–Crippen MR) is 175 cm³/mol. The van der Waals surface area contributed by atoms with E-state index in [0.717, 1.165) is 56.3 Å². The van der Waals surface area contributed by atoms with Gasteiger partial charge in [0.25, 0.3) is 0 Å². The number of benzene rings is 6. The van der Waals surface area contributed by atoms with Crippen molar-refractivity contribution >= 4 is 56.3 Å². The first-order valence-electron chi connectivity index (χ1n) is 14.5. The highest BCUT2D eigenvalue weighted by Gasteiger charge is 2.30. The topological polar surface area (TPSA) is 58.5 Å². The van der Waals surface area contributed by atoms with Crippen LogP contribution in [0.15, 0.2) is 154 Å². The van der Waals surface area contributed by atoms with Crippen molar-refractivity contribution < 1.29 is 8.83 Å². The Morgan fingerprint density at radius 1 is 0.386 bits per heavy atom. The van der Waals surface area contributed by atoms with Gasteiger partial charge >= 0.3 is 0 Å². The molecule has 0 unspecified atom stereocenters. The van der Waals surface area contributed by atoms with Gasteiger partial charge in [0.05, 0.1) is 22.7 Å². The lowest BCUT2D eigenvalue weighted by atomic mass is 10.0. The fraction of sp³-hybridized carbons (Fsp3) is 0. The van der Waals surface area contributed by atoms with Crippen LogP contribution < -0.4 is 9.80 Å². The Balaban J connectivity index is 1.09. The van der Waals surface area contributed by atoms with E-state index in [2.05, 4.69) is 112 Å². The summed E-state index contributed by atoms with van der Waals surface area (Å²) in [6, 6.07) is 49.6. The van der Waals surface area contributed by atoms with E-state index in [4.69, 9.17) is 13.8 Å². The molecule has 3 heterocycles. The third kappa shape index (κ3) is 3.89. The molecule has 1 aliphatic rings. The minimum absolute atomic E-state index is 0.553. The summed E-state index contributed by atoms with van der Waals surface area (Å²) in [5.74, 6) is 1.13. The smallest absolute Gasteiger partial charge is 0.227 e. The number of rotatable bonds is 4. The van der Waals surface area contributed by atoms with Gasteiger partial charge in [-0.15, -0.1) is 0 Å². The van der Waals surface area contributed by atoms with Crippen LogP contribution in [0.4, 0.5) is 34.1 Å². The van der Waals surface area contributed by atoms with Crippen LogP contribution in [0.5, 0.6) is 0 Å². The largest absolute Gasteiger partial charge is 0.436 e. The summed E-state index contributed by atoms with van der Waals surface area (Å²) in [7, 11) is 0. The van der Waals surface area contributed by atoms with Crippen molar-refractivity contribution in [3.05, 3.63) is 146 Å². The molecule has 8 aromatic rings. The predicted octanol–water partition coefficient (Wildman–Crippen LogP) is 10.6. The number of nitrogens with zero attached hydrogens (tertiary/aromatic N) is 4. The first kappa shape index (κ1) is 24.5. The standard InChI is InChI=1S/C38H24N4O2/c1-3-11-25(12-4-1)37-39-29-23-36-30(24-35(29)43-37)40-38(44-36)26-19-21-28(22-20-26)42-33-17-9-7-15-31(33)41(27-13-5-2-6-14-27)32-16-8-10-18-34(32)42/h1-24H. The van der Waals surface area contributed by atoms with Crippen molar-refractivity contribution in [1.82, 2.24) is 9.97 Å². The van der Waals surface area contributed by atoms with Gasteiger partial charge in [0, 0.05) is 34.6 Å². The maximum atomic E-state index is 6.23. The van der Waals surface area contributed by atoms with E-state index in [1.165, 1.54) is 0 Å². The number of para-hydroxylation sites is 5. The molecule has 6 nitrogen and oxygen atoms in total. The molecule has 0 amide bonds. The lowest BCUT2D eigenvalue weighted by Crippen LogP contribution is -2.23. The molecule has 0 fully saturated rings. The molecule has 6 aromatic carbocycles. The summed E-state index contributed by atoms with van der Waals surface area (Å²) in [6.07, 6.45) is 0. The fourth-order valence-corrected chi connectivity index (χ4v) is 6.01. The molecule has 6 heteroatoms. The van der Waals surface area contributed by atoms with E-state index in [0.29, 0.717) is 22.9 Å². The van der Waals surface area contributed by atoms with Gasteiger partial charge in [-0.2, -0.15) is 0 Å². The summed E-state index contributed by atoms with van der Waals surface area (Å²) in [4.78, 5) is 14.1. The van der Waals surface area contributed by atoms with Crippen molar-refractivity contribution in [3.63, 3.8) is 0 Å². The van der Waals surface area contributed by atoms with E-state index in [1.54, 1.807) is 0 Å². The number of hydrogen-bond donors (Lipinski definition) is 0. The summed E-state index contributed by atoms with van der Waals surface area (Å²) < 4.78 is 12.3. The van der Waals surface area contributed by atoms with E-state index in [9.17, 15) is 0 Å². The normalized spacial score (nSPS) is 12.5. The third-order valence-corrected chi connectivity index (χ3v) is 8.03. The van der Waals surface area contributed by atoms with Crippen molar-refractivity contribution in [3.8, 4) is 22.9 Å². The van der Waals surface area contributed by atoms with Crippen molar-refractivity contribution in [2.45, 2.75) is 0 Å². The van der Waals surface area contributed by atoms with Gasteiger partial charge in [0.15, 0.2) is 11.2 Å². The van der Waals surface area contributed by atoms with Gasteiger partial charge < -0.3 is 18.6 Å². The average Bonchev–Trinajstić information content (AvgIpc) is 3.70. The molecule has 208 valence electrons. The monoisotopic (exact) mass is 568 g/mol. The second kappa shape index (κ2) is 9.71. The molecule has 0 N–H and O–H groups in total. The van der Waals surface area contributed by atoms with Gasteiger partial charge in [-0.05, 0) is 72.8 Å². The van der Waals surface area contributed by atoms with Crippen molar-refractivity contribution in [1.29, 1.82) is 0 Å². The van der Waals surface area contributed by atoms with Gasteiger partial charge in [-0.25, -0.2) is 9.97 Å². The molecule has 0 aliphatic carbocycles. The first-order valence-corrected chi connectivity index (χ1v) is 14.5. The number of fused-ring (bicyclic) bond motifs is 4. The Labute approximate surface area is 253 Å². The molecule has 0 saturated carbocycles. The molecule has 2 aromatic heterocycles. The molecular weight excluding hydrogens is 544 g/mol.